The molecule has 7 aromatic rings. The van der Waals surface area contributed by atoms with Crippen LogP contribution in [-0.4, -0.2) is 19.9 Å². The fourth-order valence-electron chi connectivity index (χ4n) is 4.19. The van der Waals surface area contributed by atoms with Crippen LogP contribution in [0.3, 0.4) is 0 Å². The minimum atomic E-state index is -10.7. The second-order valence-electron chi connectivity index (χ2n) is 10.7. The summed E-state index contributed by atoms with van der Waals surface area (Å²) in [6, 6.07) is 28.0. The van der Waals surface area contributed by atoms with Gasteiger partial charge in [0.05, 0.1) is 11.0 Å². The van der Waals surface area contributed by atoms with Crippen LogP contribution in [0.4, 0.5) is 42.7 Å². The van der Waals surface area contributed by atoms with Gasteiger partial charge in [0.2, 0.25) is 0 Å². The van der Waals surface area contributed by atoms with Crippen LogP contribution in [0.1, 0.15) is 11.1 Å². The Bertz CT molecular complexity index is 2120. The number of aryl methyl sites for hydroxylation is 2. The first-order valence-corrected chi connectivity index (χ1v) is 16.5. The van der Waals surface area contributed by atoms with Gasteiger partial charge in [-0.2, -0.15) is 0 Å². The molecular formula is C36H24F10IrN4P. The van der Waals surface area contributed by atoms with E-state index in [1.54, 1.807) is 36.9 Å². The Balaban J connectivity index is 0.000000192. The maximum Gasteiger partial charge on any atom is 3.00 e. The predicted molar refractivity (Wildman–Crippen MR) is 177 cm³/mol. The second kappa shape index (κ2) is 16.2. The fourth-order valence-corrected chi connectivity index (χ4v) is 4.19. The molecule has 4 aromatic heterocycles. The smallest absolute Gasteiger partial charge is 0.254 e. The van der Waals surface area contributed by atoms with E-state index in [-0.39, 0.29) is 31.2 Å². The number of aromatic nitrogens is 4. The van der Waals surface area contributed by atoms with E-state index in [0.29, 0.717) is 11.4 Å². The molecule has 0 amide bonds. The van der Waals surface area contributed by atoms with Gasteiger partial charge in [0, 0.05) is 58.8 Å². The summed E-state index contributed by atoms with van der Waals surface area (Å²) in [4.78, 5) is 16.8. The van der Waals surface area contributed by atoms with Gasteiger partial charge in [-0.05, 0) is 48.5 Å². The molecular weight excluding hydrogens is 902 g/mol. The largest absolute Gasteiger partial charge is 3.00 e. The number of rotatable bonds is 2. The van der Waals surface area contributed by atoms with Crippen molar-refractivity contribution in [1.29, 1.82) is 0 Å². The molecule has 0 aliphatic carbocycles. The van der Waals surface area contributed by atoms with E-state index in [4.69, 9.17) is 0 Å². The van der Waals surface area contributed by atoms with Crippen molar-refractivity contribution in [3.05, 3.63) is 156 Å². The van der Waals surface area contributed by atoms with Gasteiger partial charge in [-0.3, -0.25) is 27.5 Å². The summed E-state index contributed by atoms with van der Waals surface area (Å²) in [5.41, 5.74) is 5.22. The van der Waals surface area contributed by atoms with E-state index in [9.17, 15) is 42.7 Å². The second-order valence-corrected chi connectivity index (χ2v) is 12.6. The van der Waals surface area contributed by atoms with Crippen LogP contribution in [0.5, 0.6) is 0 Å². The third-order valence-electron chi connectivity index (χ3n) is 6.40. The summed E-state index contributed by atoms with van der Waals surface area (Å²) in [6.07, 6.45) is 6.87. The Morgan fingerprint density at radius 2 is 0.885 bits per heavy atom. The molecule has 272 valence electrons. The van der Waals surface area contributed by atoms with Crippen molar-refractivity contribution in [2.24, 2.45) is 0 Å². The topological polar surface area (TPSA) is 51.6 Å². The van der Waals surface area contributed by atoms with Crippen LogP contribution >= 0.6 is 7.81 Å². The first-order valence-electron chi connectivity index (χ1n) is 14.5. The molecule has 0 fully saturated rings. The quantitative estimate of drug-likeness (QED) is 0.0750. The minimum absolute atomic E-state index is 0. The Hall–Kier alpha value is -4.84. The molecule has 0 spiro atoms. The van der Waals surface area contributed by atoms with Crippen molar-refractivity contribution in [2.45, 2.75) is 13.8 Å². The molecule has 0 bridgehead atoms. The number of pyridine rings is 4. The zero-order chi connectivity index (χ0) is 37.5. The van der Waals surface area contributed by atoms with Crippen LogP contribution in [0, 0.1) is 49.2 Å². The van der Waals surface area contributed by atoms with Gasteiger partial charge in [-0.25, -0.2) is 0 Å². The number of halogens is 10. The van der Waals surface area contributed by atoms with Gasteiger partial charge < -0.3 is 9.97 Å². The summed E-state index contributed by atoms with van der Waals surface area (Å²) >= 11 is 0. The maximum absolute atomic E-state index is 13.3. The molecule has 0 radical (unpaired) electrons. The van der Waals surface area contributed by atoms with E-state index in [1.807, 2.05) is 38.1 Å². The van der Waals surface area contributed by atoms with Crippen LogP contribution in [-0.2, 0) is 20.1 Å². The van der Waals surface area contributed by atoms with Crippen LogP contribution in [0.25, 0.3) is 44.3 Å². The van der Waals surface area contributed by atoms with Crippen LogP contribution in [0.2, 0.25) is 0 Å². The number of hydrogen-bond acceptors (Lipinski definition) is 4. The minimum Gasteiger partial charge on any atom is -0.254 e. The average Bonchev–Trinajstić information content (AvgIpc) is 3.05. The Kier molecular flexibility index (Phi) is 13.0. The van der Waals surface area contributed by atoms with Crippen molar-refractivity contribution in [3.8, 4) is 22.5 Å². The molecule has 0 saturated heterocycles. The molecule has 7 rings (SSSR count). The predicted octanol–water partition coefficient (Wildman–Crippen LogP) is 12.4. The SMILES string of the molecule is Cc1ccc(-c2[c-]cc(F)cc2F)nc1.Cc1ccc(-c2[c-]cc(F)cc2F)nc1.F[P-](F)(F)(F)(F)F.[Ir+3].c1cnc2c(c1)ccc1cccnc12. The Labute approximate surface area is 304 Å². The van der Waals surface area contributed by atoms with Crippen molar-refractivity contribution in [1.82, 2.24) is 19.9 Å². The number of fused-ring (bicyclic) bond motifs is 3. The van der Waals surface area contributed by atoms with Gasteiger partial charge in [-0.1, -0.05) is 71.8 Å². The van der Waals surface area contributed by atoms with E-state index in [2.05, 4.69) is 56.3 Å². The third kappa shape index (κ3) is 13.7. The standard InChI is InChI=1S/2C12H8F2N.C12H8N2.F6P.Ir/c2*1-8-2-5-12(15-7-8)10-4-3-9(13)6-11(10)14;1-3-9-5-6-10-4-2-8-14-12(10)11(9)13-7-1;1-7(2,3,4,5)6;/h2*2-3,5-7H,1H3;1-8H;;/q2*-1;;-1;+3. The molecule has 0 unspecified atom stereocenters. The summed E-state index contributed by atoms with van der Waals surface area (Å²) in [5.74, 6) is -2.57. The number of nitrogens with zero attached hydrogens (tertiary/aromatic N) is 4. The molecule has 4 heterocycles. The summed E-state index contributed by atoms with van der Waals surface area (Å²) < 4.78 is 111. The number of benzene rings is 3. The molecule has 4 nitrogen and oxygen atoms in total. The molecule has 0 aliphatic rings. The Morgan fingerprint density at radius 3 is 1.19 bits per heavy atom. The zero-order valence-electron chi connectivity index (χ0n) is 26.7. The van der Waals surface area contributed by atoms with Crippen molar-refractivity contribution < 1.29 is 62.8 Å². The molecule has 0 aliphatic heterocycles. The van der Waals surface area contributed by atoms with E-state index in [1.165, 1.54) is 0 Å². The summed E-state index contributed by atoms with van der Waals surface area (Å²) in [5, 5.41) is 2.28. The summed E-state index contributed by atoms with van der Waals surface area (Å²) in [6.45, 7) is 3.78. The van der Waals surface area contributed by atoms with Gasteiger partial charge >= 0.3 is 53.1 Å². The number of hydrogen-bond donors (Lipinski definition) is 0. The zero-order valence-corrected chi connectivity index (χ0v) is 30.0. The Morgan fingerprint density at radius 1 is 0.519 bits per heavy atom. The van der Waals surface area contributed by atoms with E-state index < -0.39 is 31.1 Å². The first kappa shape index (κ1) is 41.6. The molecule has 16 heteroatoms. The molecule has 52 heavy (non-hydrogen) atoms. The average molecular weight is 926 g/mol. The van der Waals surface area contributed by atoms with Gasteiger partial charge in [-0.15, -0.1) is 24.3 Å². The van der Waals surface area contributed by atoms with E-state index >= 15 is 0 Å². The first-order chi connectivity index (χ1) is 23.7. The molecule has 0 atom stereocenters. The van der Waals surface area contributed by atoms with Crippen LogP contribution < -0.4 is 0 Å². The summed E-state index contributed by atoms with van der Waals surface area (Å²) in [7, 11) is -10.7. The normalized spacial score (nSPS) is 12.0. The van der Waals surface area contributed by atoms with Gasteiger partial charge in [0.1, 0.15) is 0 Å². The fraction of sp³-hybridized carbons (Fsp3) is 0.0556. The molecule has 0 N–H and O–H groups in total. The molecule has 0 saturated carbocycles. The van der Waals surface area contributed by atoms with Gasteiger partial charge in [0.25, 0.3) is 0 Å². The van der Waals surface area contributed by atoms with Crippen molar-refractivity contribution in [3.63, 3.8) is 0 Å². The van der Waals surface area contributed by atoms with Crippen molar-refractivity contribution >= 4 is 29.6 Å². The maximum atomic E-state index is 13.3. The third-order valence-corrected chi connectivity index (χ3v) is 6.40. The van der Waals surface area contributed by atoms with E-state index in [0.717, 1.165) is 57.2 Å². The van der Waals surface area contributed by atoms with Crippen LogP contribution in [0.15, 0.2) is 110 Å². The molecule has 3 aromatic carbocycles. The van der Waals surface area contributed by atoms with Crippen molar-refractivity contribution in [2.75, 3.05) is 0 Å². The monoisotopic (exact) mass is 926 g/mol. The van der Waals surface area contributed by atoms with Gasteiger partial charge in [0.15, 0.2) is 0 Å².